The molecule has 0 radical (unpaired) electrons. The molecule has 2 aromatic heterocycles. The highest BCUT2D eigenvalue weighted by atomic mass is 16.8. The van der Waals surface area contributed by atoms with Crippen LogP contribution in [0.5, 0.6) is 0 Å². The van der Waals surface area contributed by atoms with E-state index in [0.717, 1.165) is 0 Å². The van der Waals surface area contributed by atoms with Crippen molar-refractivity contribution in [2.45, 2.75) is 44.2 Å². The summed E-state index contributed by atoms with van der Waals surface area (Å²) in [6.07, 6.45) is 3.26. The molecule has 4 heterocycles. The number of aliphatic hydroxyl groups excluding tert-OH is 1. The zero-order chi connectivity index (χ0) is 14.6. The summed E-state index contributed by atoms with van der Waals surface area (Å²) in [7, 11) is 0. The molecular weight excluding hydrogens is 276 g/mol. The molecule has 4 atom stereocenters. The van der Waals surface area contributed by atoms with Crippen LogP contribution in [0.4, 0.5) is 0 Å². The van der Waals surface area contributed by atoms with E-state index in [1.54, 1.807) is 17.1 Å². The van der Waals surface area contributed by atoms with Gasteiger partial charge in [-0.15, -0.1) is 0 Å². The molecule has 4 rings (SSSR count). The molecule has 0 aromatic carbocycles. The zero-order valence-electron chi connectivity index (χ0n) is 11.7. The summed E-state index contributed by atoms with van der Waals surface area (Å²) in [5.41, 5.74) is 1.35. The van der Waals surface area contributed by atoms with Crippen LogP contribution in [0.3, 0.4) is 0 Å². The summed E-state index contributed by atoms with van der Waals surface area (Å²) in [5, 5.41) is 9.50. The zero-order valence-corrected chi connectivity index (χ0v) is 11.7. The Morgan fingerprint density at radius 1 is 1.29 bits per heavy atom. The molecule has 0 bridgehead atoms. The normalized spacial score (nSPS) is 34.4. The summed E-state index contributed by atoms with van der Waals surface area (Å²) in [5.74, 6) is -0.698. The van der Waals surface area contributed by atoms with Gasteiger partial charge in [-0.1, -0.05) is 0 Å². The third-order valence-corrected chi connectivity index (χ3v) is 3.82. The lowest BCUT2D eigenvalue weighted by Gasteiger charge is -2.24. The van der Waals surface area contributed by atoms with Gasteiger partial charge in [-0.25, -0.2) is 15.0 Å². The Morgan fingerprint density at radius 2 is 2.10 bits per heavy atom. The summed E-state index contributed by atoms with van der Waals surface area (Å²) >= 11 is 0. The van der Waals surface area contributed by atoms with Crippen LogP contribution in [0.15, 0.2) is 18.9 Å². The first kappa shape index (κ1) is 13.1. The van der Waals surface area contributed by atoms with Crippen molar-refractivity contribution in [2.24, 2.45) is 0 Å². The molecule has 8 nitrogen and oxygen atoms in total. The predicted octanol–water partition coefficient (Wildman–Crippen LogP) is 0.236. The molecule has 0 spiro atoms. The van der Waals surface area contributed by atoms with E-state index in [0.29, 0.717) is 11.2 Å². The third-order valence-electron chi connectivity index (χ3n) is 3.82. The molecule has 1 N–H and O–H groups in total. The molecule has 0 saturated carbocycles. The second-order valence-corrected chi connectivity index (χ2v) is 5.70. The molecule has 2 aliphatic rings. The Kier molecular flexibility index (Phi) is 2.77. The molecule has 2 aliphatic heterocycles. The first-order valence-corrected chi connectivity index (χ1v) is 6.83. The van der Waals surface area contributed by atoms with Gasteiger partial charge in [-0.2, -0.15) is 0 Å². The first-order chi connectivity index (χ1) is 10.1. The third kappa shape index (κ3) is 1.95. The quantitative estimate of drug-likeness (QED) is 0.847. The van der Waals surface area contributed by atoms with Gasteiger partial charge in [0, 0.05) is 0 Å². The highest BCUT2D eigenvalue weighted by Gasteiger charge is 2.55. The Balaban J connectivity index is 1.75. The average molecular weight is 292 g/mol. The topological polar surface area (TPSA) is 91.5 Å². The van der Waals surface area contributed by atoms with E-state index in [2.05, 4.69) is 15.0 Å². The van der Waals surface area contributed by atoms with E-state index in [-0.39, 0.29) is 18.8 Å². The van der Waals surface area contributed by atoms with Crippen molar-refractivity contribution in [2.75, 3.05) is 6.61 Å². The molecule has 0 aliphatic carbocycles. The minimum atomic E-state index is -0.698. The molecule has 2 aromatic rings. The van der Waals surface area contributed by atoms with E-state index >= 15 is 0 Å². The lowest BCUT2D eigenvalue weighted by Crippen LogP contribution is -2.31. The van der Waals surface area contributed by atoms with Crippen LogP contribution in [0, 0.1) is 0 Å². The largest absolute Gasteiger partial charge is 0.394 e. The molecule has 0 amide bonds. The molecular formula is C13H16N4O4. The number of rotatable bonds is 2. The van der Waals surface area contributed by atoms with Gasteiger partial charge in [-0.05, 0) is 13.8 Å². The van der Waals surface area contributed by atoms with Gasteiger partial charge in [0.05, 0.1) is 19.1 Å². The van der Waals surface area contributed by atoms with Crippen LogP contribution in [-0.2, 0) is 14.2 Å². The number of hydrogen-bond donors (Lipinski definition) is 1. The minimum absolute atomic E-state index is 0.126. The van der Waals surface area contributed by atoms with E-state index in [1.807, 2.05) is 13.8 Å². The van der Waals surface area contributed by atoms with Crippen molar-refractivity contribution in [1.82, 2.24) is 19.5 Å². The number of hydrogen-bond acceptors (Lipinski definition) is 7. The van der Waals surface area contributed by atoms with Gasteiger partial charge in [0.15, 0.2) is 17.7 Å². The molecule has 2 fully saturated rings. The number of aliphatic hydroxyl groups is 1. The Morgan fingerprint density at radius 3 is 2.90 bits per heavy atom. The maximum absolute atomic E-state index is 9.50. The smallest absolute Gasteiger partial charge is 0.166 e. The van der Waals surface area contributed by atoms with Gasteiger partial charge in [0.1, 0.15) is 30.2 Å². The van der Waals surface area contributed by atoms with Crippen molar-refractivity contribution in [3.63, 3.8) is 0 Å². The summed E-state index contributed by atoms with van der Waals surface area (Å²) < 4.78 is 19.5. The number of fused-ring (bicyclic) bond motifs is 2. The van der Waals surface area contributed by atoms with Crippen LogP contribution in [0.1, 0.15) is 20.1 Å². The molecule has 21 heavy (non-hydrogen) atoms. The Hall–Kier alpha value is -1.61. The van der Waals surface area contributed by atoms with Gasteiger partial charge < -0.3 is 19.3 Å². The lowest BCUT2D eigenvalue weighted by atomic mass is 10.1. The lowest BCUT2D eigenvalue weighted by molar-refractivity contribution is -0.199. The summed E-state index contributed by atoms with van der Waals surface area (Å²) in [4.78, 5) is 12.5. The van der Waals surface area contributed by atoms with Crippen molar-refractivity contribution >= 4 is 11.2 Å². The second-order valence-electron chi connectivity index (χ2n) is 5.70. The average Bonchev–Trinajstić information content (AvgIpc) is 3.09. The van der Waals surface area contributed by atoms with Gasteiger partial charge in [-0.3, -0.25) is 4.57 Å². The fraction of sp³-hybridized carbons (Fsp3) is 0.615. The summed E-state index contributed by atoms with van der Waals surface area (Å²) in [6, 6.07) is 0. The van der Waals surface area contributed by atoms with Crippen molar-refractivity contribution in [3.8, 4) is 0 Å². The van der Waals surface area contributed by atoms with Crippen molar-refractivity contribution in [3.05, 3.63) is 18.9 Å². The highest BCUT2D eigenvalue weighted by Crippen LogP contribution is 2.43. The van der Waals surface area contributed by atoms with Crippen LogP contribution >= 0.6 is 0 Å². The van der Waals surface area contributed by atoms with Crippen LogP contribution in [0.2, 0.25) is 0 Å². The number of ether oxygens (including phenoxy) is 3. The van der Waals surface area contributed by atoms with Crippen molar-refractivity contribution in [1.29, 1.82) is 0 Å². The van der Waals surface area contributed by atoms with Gasteiger partial charge in [0.2, 0.25) is 0 Å². The predicted molar refractivity (Wildman–Crippen MR) is 70.1 cm³/mol. The molecule has 112 valence electrons. The molecule has 0 unspecified atom stereocenters. The minimum Gasteiger partial charge on any atom is -0.394 e. The van der Waals surface area contributed by atoms with Crippen LogP contribution in [-0.4, -0.2) is 55.3 Å². The SMILES string of the molecule is CC1(C)O[C@@H]2[C@H](O1)[C@@H](CO)O[C@H]2n1cnc2cncnc21. The van der Waals surface area contributed by atoms with Crippen molar-refractivity contribution < 1.29 is 19.3 Å². The van der Waals surface area contributed by atoms with Crippen LogP contribution < -0.4 is 0 Å². The maximum Gasteiger partial charge on any atom is 0.166 e. The molecule has 2 saturated heterocycles. The van der Waals surface area contributed by atoms with E-state index in [1.165, 1.54) is 6.33 Å². The number of aromatic nitrogens is 4. The number of imidazole rings is 1. The fourth-order valence-electron chi connectivity index (χ4n) is 3.00. The first-order valence-electron chi connectivity index (χ1n) is 6.83. The van der Waals surface area contributed by atoms with E-state index < -0.39 is 18.1 Å². The monoisotopic (exact) mass is 292 g/mol. The Bertz CT molecular complexity index is 673. The standard InChI is InChI=1S/C13H16N4O4/c1-13(2)20-9-8(4-18)19-12(10(9)21-13)17-6-16-7-3-14-5-15-11(7)17/h3,5-6,8-10,12,18H,4H2,1-2H3/t8-,9-,10-,12-/m1/s1. The highest BCUT2D eigenvalue weighted by molar-refractivity contribution is 5.69. The van der Waals surface area contributed by atoms with Gasteiger partial charge in [0.25, 0.3) is 0 Å². The Labute approximate surface area is 120 Å². The molecule has 8 heteroatoms. The fourth-order valence-corrected chi connectivity index (χ4v) is 3.00. The van der Waals surface area contributed by atoms with E-state index in [4.69, 9.17) is 14.2 Å². The van der Waals surface area contributed by atoms with E-state index in [9.17, 15) is 5.11 Å². The summed E-state index contributed by atoms with van der Waals surface area (Å²) in [6.45, 7) is 3.58. The second kappa shape index (κ2) is 4.44. The maximum atomic E-state index is 9.50. The number of nitrogens with zero attached hydrogens (tertiary/aromatic N) is 4. The van der Waals surface area contributed by atoms with Crippen LogP contribution in [0.25, 0.3) is 11.2 Å². The van der Waals surface area contributed by atoms with Gasteiger partial charge >= 0.3 is 0 Å².